The Morgan fingerprint density at radius 1 is 0.909 bits per heavy atom. The molecular weight excluding hydrogens is 418 g/mol. The number of nitrogens with one attached hydrogen (secondary N) is 2. The minimum Gasteiger partial charge on any atom is -0.494 e. The summed E-state index contributed by atoms with van der Waals surface area (Å²) >= 11 is 0. The van der Waals surface area contributed by atoms with Gasteiger partial charge in [0.25, 0.3) is 5.91 Å². The van der Waals surface area contributed by atoms with Gasteiger partial charge in [0, 0.05) is 28.1 Å². The maximum absolute atomic E-state index is 12.2. The van der Waals surface area contributed by atoms with Gasteiger partial charge in [0.1, 0.15) is 0 Å². The molecule has 0 fully saturated rings. The second kappa shape index (κ2) is 9.00. The van der Waals surface area contributed by atoms with Gasteiger partial charge in [0.05, 0.1) is 22.5 Å². The lowest BCUT2D eigenvalue weighted by atomic mass is 10.00. The Morgan fingerprint density at radius 2 is 1.58 bits per heavy atom. The number of aromatic hydroxyl groups is 1. The van der Waals surface area contributed by atoms with E-state index < -0.39 is 5.97 Å². The van der Waals surface area contributed by atoms with Crippen molar-refractivity contribution in [2.75, 3.05) is 0 Å². The summed E-state index contributed by atoms with van der Waals surface area (Å²) in [6.45, 7) is 3.80. The number of amides is 1. The number of hydrogen-bond donors (Lipinski definition) is 4. The minimum atomic E-state index is -1.05. The van der Waals surface area contributed by atoms with Gasteiger partial charge in [-0.2, -0.15) is 0 Å². The van der Waals surface area contributed by atoms with Crippen LogP contribution in [0.5, 0.6) is 5.88 Å². The molecule has 7 heteroatoms. The number of aliphatic imine (C=N–C) groups is 1. The monoisotopic (exact) mass is 441 g/mol. The number of carboxylic acids is 1. The van der Waals surface area contributed by atoms with Gasteiger partial charge in [0.2, 0.25) is 0 Å². The number of nitrogens with zero attached hydrogens (tertiary/aromatic N) is 1. The van der Waals surface area contributed by atoms with Gasteiger partial charge in [-0.3, -0.25) is 4.79 Å². The number of aromatic carboxylic acids is 1. The molecule has 0 saturated heterocycles. The Morgan fingerprint density at radius 3 is 2.21 bits per heavy atom. The number of carbonyl (C=O) groups is 2. The van der Waals surface area contributed by atoms with Crippen LogP contribution in [0.3, 0.4) is 0 Å². The first-order chi connectivity index (χ1) is 15.8. The molecule has 0 atom stereocenters. The van der Waals surface area contributed by atoms with E-state index in [4.69, 9.17) is 4.99 Å². The normalized spacial score (nSPS) is 11.7. The van der Waals surface area contributed by atoms with E-state index in [9.17, 15) is 19.8 Å². The van der Waals surface area contributed by atoms with Crippen LogP contribution in [0, 0.1) is 0 Å². The van der Waals surface area contributed by atoms with Gasteiger partial charge in [-0.1, -0.05) is 36.4 Å². The number of aromatic amines is 1. The number of carbonyl (C=O) groups excluding carboxylic acids is 1. The number of H-pyrrole nitrogens is 1. The summed E-state index contributed by atoms with van der Waals surface area (Å²) in [5.41, 5.74) is 3.50. The smallest absolute Gasteiger partial charge is 0.335 e. The fraction of sp³-hybridized carbons (Fsp3) is 0.115. The van der Waals surface area contributed by atoms with E-state index in [1.165, 1.54) is 12.1 Å². The van der Waals surface area contributed by atoms with Crippen LogP contribution in [0.25, 0.3) is 10.9 Å². The number of benzene rings is 3. The summed E-state index contributed by atoms with van der Waals surface area (Å²) in [5.74, 6) is -1.32. The maximum atomic E-state index is 12.2. The number of fused-ring (bicyclic) bond motifs is 1. The van der Waals surface area contributed by atoms with Gasteiger partial charge < -0.3 is 20.5 Å². The number of carboxylic acid groups (broad SMARTS) is 1. The van der Waals surface area contributed by atoms with E-state index in [2.05, 4.69) is 10.3 Å². The molecule has 0 bridgehead atoms. The summed E-state index contributed by atoms with van der Waals surface area (Å²) in [6.07, 6.45) is 0. The molecule has 0 radical (unpaired) electrons. The van der Waals surface area contributed by atoms with Gasteiger partial charge >= 0.3 is 5.97 Å². The van der Waals surface area contributed by atoms with Crippen molar-refractivity contribution in [1.82, 2.24) is 10.3 Å². The zero-order valence-electron chi connectivity index (χ0n) is 18.2. The molecule has 33 heavy (non-hydrogen) atoms. The summed E-state index contributed by atoms with van der Waals surface area (Å²) in [5, 5.41) is 23.5. The van der Waals surface area contributed by atoms with E-state index >= 15 is 0 Å². The van der Waals surface area contributed by atoms with E-state index in [-0.39, 0.29) is 23.4 Å². The molecule has 1 aromatic heterocycles. The highest BCUT2D eigenvalue weighted by atomic mass is 16.4. The van der Waals surface area contributed by atoms with E-state index in [1.54, 1.807) is 30.3 Å². The largest absolute Gasteiger partial charge is 0.494 e. The van der Waals surface area contributed by atoms with E-state index in [1.807, 2.05) is 44.2 Å². The number of hydrogen-bond acceptors (Lipinski definition) is 4. The molecule has 0 unspecified atom stereocenters. The second-order valence-corrected chi connectivity index (χ2v) is 7.92. The predicted molar refractivity (Wildman–Crippen MR) is 128 cm³/mol. The predicted octanol–water partition coefficient (Wildman–Crippen LogP) is 4.88. The molecule has 0 saturated carbocycles. The fourth-order valence-corrected chi connectivity index (χ4v) is 3.58. The van der Waals surface area contributed by atoms with Gasteiger partial charge in [-0.15, -0.1) is 0 Å². The Bertz CT molecular complexity index is 1350. The molecule has 4 N–H and O–H groups in total. The maximum Gasteiger partial charge on any atom is 0.335 e. The van der Waals surface area contributed by atoms with E-state index in [0.29, 0.717) is 33.4 Å². The molecule has 4 aromatic rings. The Kier molecular flexibility index (Phi) is 5.95. The van der Waals surface area contributed by atoms with Gasteiger partial charge in [-0.25, -0.2) is 9.79 Å². The third-order valence-corrected chi connectivity index (χ3v) is 5.10. The highest BCUT2D eigenvalue weighted by Gasteiger charge is 2.19. The van der Waals surface area contributed by atoms with Crippen LogP contribution < -0.4 is 5.32 Å². The van der Waals surface area contributed by atoms with Crippen molar-refractivity contribution < 1.29 is 19.8 Å². The molecule has 4 rings (SSSR count). The number of aromatic nitrogens is 1. The molecule has 3 aromatic carbocycles. The molecule has 0 spiro atoms. The quantitative estimate of drug-likeness (QED) is 0.319. The van der Waals surface area contributed by atoms with Crippen molar-refractivity contribution in [2.45, 2.75) is 19.9 Å². The highest BCUT2D eigenvalue weighted by molar-refractivity contribution is 6.22. The van der Waals surface area contributed by atoms with Crippen molar-refractivity contribution in [1.29, 1.82) is 0 Å². The molecule has 0 aliphatic carbocycles. The lowest BCUT2D eigenvalue weighted by molar-refractivity contribution is 0.0696. The Labute approximate surface area is 190 Å². The molecule has 1 amide bonds. The molecule has 1 heterocycles. The SMILES string of the molecule is CC(C)NC(=O)c1ccc(N=C(c2ccccc2)c2c(O)[nH]c3cc(C(=O)O)ccc23)cc1. The third-order valence-electron chi connectivity index (χ3n) is 5.10. The van der Waals surface area contributed by atoms with Crippen LogP contribution in [0.1, 0.15) is 45.7 Å². The zero-order valence-corrected chi connectivity index (χ0v) is 18.2. The van der Waals surface area contributed by atoms with Crippen LogP contribution in [-0.4, -0.2) is 38.8 Å². The van der Waals surface area contributed by atoms with Crippen molar-refractivity contribution in [3.63, 3.8) is 0 Å². The Balaban J connectivity index is 1.82. The van der Waals surface area contributed by atoms with Crippen LogP contribution in [-0.2, 0) is 0 Å². The van der Waals surface area contributed by atoms with Crippen molar-refractivity contribution in [2.24, 2.45) is 4.99 Å². The van der Waals surface area contributed by atoms with Crippen molar-refractivity contribution in [3.8, 4) is 5.88 Å². The fourth-order valence-electron chi connectivity index (χ4n) is 3.58. The third kappa shape index (κ3) is 4.62. The van der Waals surface area contributed by atoms with Gasteiger partial charge in [0.15, 0.2) is 5.88 Å². The molecular formula is C26H23N3O4. The highest BCUT2D eigenvalue weighted by Crippen LogP contribution is 2.32. The van der Waals surface area contributed by atoms with Crippen LogP contribution >= 0.6 is 0 Å². The number of rotatable bonds is 6. The van der Waals surface area contributed by atoms with Crippen LogP contribution in [0.15, 0.2) is 77.8 Å². The van der Waals surface area contributed by atoms with Gasteiger partial charge in [-0.05, 0) is 50.2 Å². The van der Waals surface area contributed by atoms with Crippen molar-refractivity contribution >= 4 is 34.2 Å². The molecule has 0 aliphatic rings. The lowest BCUT2D eigenvalue weighted by Gasteiger charge is -2.09. The van der Waals surface area contributed by atoms with Crippen LogP contribution in [0.2, 0.25) is 0 Å². The first kappa shape index (κ1) is 21.8. The summed E-state index contributed by atoms with van der Waals surface area (Å²) in [7, 11) is 0. The second-order valence-electron chi connectivity index (χ2n) is 7.92. The average molecular weight is 441 g/mol. The zero-order chi connectivity index (χ0) is 23.5. The first-order valence-electron chi connectivity index (χ1n) is 10.5. The molecule has 0 aliphatic heterocycles. The summed E-state index contributed by atoms with van der Waals surface area (Å²) in [6, 6.07) is 20.9. The Hall–Kier alpha value is -4.39. The van der Waals surface area contributed by atoms with E-state index in [0.717, 1.165) is 5.56 Å². The molecule has 166 valence electrons. The minimum absolute atomic E-state index is 0.0337. The summed E-state index contributed by atoms with van der Waals surface area (Å²) < 4.78 is 0. The van der Waals surface area contributed by atoms with Crippen LogP contribution in [0.4, 0.5) is 5.69 Å². The van der Waals surface area contributed by atoms with Crippen molar-refractivity contribution in [3.05, 3.63) is 95.1 Å². The lowest BCUT2D eigenvalue weighted by Crippen LogP contribution is -2.29. The molecule has 7 nitrogen and oxygen atoms in total. The first-order valence-corrected chi connectivity index (χ1v) is 10.5. The average Bonchev–Trinajstić information content (AvgIpc) is 3.12. The topological polar surface area (TPSA) is 115 Å². The summed E-state index contributed by atoms with van der Waals surface area (Å²) in [4.78, 5) is 31.2. The standard InChI is InChI=1S/C26H23N3O4/c1-15(2)27-24(30)17-8-11-19(12-9-17)28-23(16-6-4-3-5-7-16)22-20-13-10-18(26(32)33)14-21(20)29-25(22)31/h3-15,29,31H,1-2H3,(H,27,30)(H,32,33).